The van der Waals surface area contributed by atoms with E-state index in [-0.39, 0.29) is 24.0 Å². The number of ether oxygens (including phenoxy) is 1. The quantitative estimate of drug-likeness (QED) is 0.904. The van der Waals surface area contributed by atoms with E-state index in [2.05, 4.69) is 4.90 Å². The molecule has 0 aromatic heterocycles. The molecule has 1 N–H and O–H groups in total. The lowest BCUT2D eigenvalue weighted by Gasteiger charge is -2.40. The molecule has 0 spiro atoms. The van der Waals surface area contributed by atoms with Crippen molar-refractivity contribution in [3.05, 3.63) is 59.4 Å². The van der Waals surface area contributed by atoms with E-state index < -0.39 is 5.41 Å². The van der Waals surface area contributed by atoms with E-state index in [1.54, 1.807) is 18.2 Å². The lowest BCUT2D eigenvalue weighted by Crippen LogP contribution is -2.52. The zero-order chi connectivity index (χ0) is 18.0. The first kappa shape index (κ1) is 17.4. The number of carbonyl (C=O) groups excluding carboxylic acids is 1. The molecule has 0 radical (unpaired) electrons. The molecule has 0 saturated heterocycles. The third-order valence-electron chi connectivity index (χ3n) is 4.90. The number of nitrogens with zero attached hydrogens (tertiary/aromatic N) is 1. The molecule has 0 bridgehead atoms. The van der Waals surface area contributed by atoms with Gasteiger partial charge in [0.1, 0.15) is 29.3 Å². The number of likely N-dealkylation sites (N-methyl/N-ethyl adjacent to an activating group) is 1. The molecule has 3 rings (SSSR count). The summed E-state index contributed by atoms with van der Waals surface area (Å²) in [6.07, 6.45) is 0. The van der Waals surface area contributed by atoms with Crippen molar-refractivity contribution in [1.29, 1.82) is 0 Å². The van der Waals surface area contributed by atoms with E-state index in [9.17, 15) is 14.3 Å². The van der Waals surface area contributed by atoms with Crippen molar-refractivity contribution in [2.24, 2.45) is 0 Å². The Labute approximate surface area is 146 Å². The average molecular weight is 343 g/mol. The molecule has 0 aliphatic carbocycles. The van der Waals surface area contributed by atoms with Crippen LogP contribution in [0.2, 0.25) is 0 Å². The second-order valence-electron chi connectivity index (χ2n) is 6.35. The standard InChI is InChI=1S/C20H22FNO3/c1-3-22(4-2)12-20(14-5-7-15(21)8-6-14)13-25-18-11-16(23)9-10-17(18)19(20)24/h5-11,23H,3-4,12-13H2,1-2H3. The van der Waals surface area contributed by atoms with Crippen molar-refractivity contribution in [3.8, 4) is 11.5 Å². The first-order valence-corrected chi connectivity index (χ1v) is 8.49. The van der Waals surface area contributed by atoms with Gasteiger partial charge in [-0.05, 0) is 42.9 Å². The Balaban J connectivity index is 2.10. The summed E-state index contributed by atoms with van der Waals surface area (Å²) in [6.45, 7) is 6.34. The summed E-state index contributed by atoms with van der Waals surface area (Å²) in [5.41, 5.74) is 0.286. The summed E-state index contributed by atoms with van der Waals surface area (Å²) < 4.78 is 19.3. The van der Waals surface area contributed by atoms with Crippen LogP contribution in [0.5, 0.6) is 11.5 Å². The van der Waals surface area contributed by atoms with E-state index in [0.717, 1.165) is 18.7 Å². The molecule has 4 nitrogen and oxygen atoms in total. The normalized spacial score (nSPS) is 19.6. The second kappa shape index (κ2) is 6.84. The molecule has 0 saturated carbocycles. The van der Waals surface area contributed by atoms with Gasteiger partial charge in [-0.25, -0.2) is 4.39 Å². The highest BCUT2D eigenvalue weighted by atomic mass is 19.1. The van der Waals surface area contributed by atoms with Crippen molar-refractivity contribution < 1.29 is 19.0 Å². The largest absolute Gasteiger partial charge is 0.508 e. The van der Waals surface area contributed by atoms with Gasteiger partial charge in [0.05, 0.1) is 5.56 Å². The van der Waals surface area contributed by atoms with Gasteiger partial charge < -0.3 is 14.7 Å². The van der Waals surface area contributed by atoms with Crippen LogP contribution in [0, 0.1) is 5.82 Å². The molecular weight excluding hydrogens is 321 g/mol. The summed E-state index contributed by atoms with van der Waals surface area (Å²) in [4.78, 5) is 15.6. The molecule has 0 amide bonds. The van der Waals surface area contributed by atoms with Crippen LogP contribution in [-0.4, -0.2) is 42.0 Å². The number of halogens is 1. The van der Waals surface area contributed by atoms with Crippen LogP contribution in [0.4, 0.5) is 4.39 Å². The zero-order valence-electron chi connectivity index (χ0n) is 14.5. The van der Waals surface area contributed by atoms with Crippen LogP contribution >= 0.6 is 0 Å². The number of phenols is 1. The first-order chi connectivity index (χ1) is 12.0. The molecule has 1 atom stereocenters. The van der Waals surface area contributed by atoms with E-state index in [1.165, 1.54) is 24.3 Å². The molecule has 2 aromatic rings. The van der Waals surface area contributed by atoms with Gasteiger partial charge in [-0.1, -0.05) is 26.0 Å². The van der Waals surface area contributed by atoms with Crippen LogP contribution in [0.15, 0.2) is 42.5 Å². The summed E-state index contributed by atoms with van der Waals surface area (Å²) in [6, 6.07) is 10.6. The Kier molecular flexibility index (Phi) is 4.77. The number of ketones is 1. The maximum Gasteiger partial charge on any atom is 0.181 e. The van der Waals surface area contributed by atoms with Crippen LogP contribution in [0.1, 0.15) is 29.8 Å². The number of Topliss-reactive ketones (excluding diaryl/α,β-unsaturated/α-hetero) is 1. The molecule has 1 unspecified atom stereocenters. The summed E-state index contributed by atoms with van der Waals surface area (Å²) in [5.74, 6) is 0.0513. The molecular formula is C20H22FNO3. The van der Waals surface area contributed by atoms with Gasteiger partial charge in [0.15, 0.2) is 5.78 Å². The fourth-order valence-corrected chi connectivity index (χ4v) is 3.36. The maximum atomic E-state index is 13.4. The van der Waals surface area contributed by atoms with Gasteiger partial charge in [0, 0.05) is 12.6 Å². The van der Waals surface area contributed by atoms with E-state index in [0.29, 0.717) is 17.9 Å². The van der Waals surface area contributed by atoms with Gasteiger partial charge in [-0.15, -0.1) is 0 Å². The van der Waals surface area contributed by atoms with Crippen molar-refractivity contribution in [2.45, 2.75) is 19.3 Å². The van der Waals surface area contributed by atoms with Crippen molar-refractivity contribution in [1.82, 2.24) is 4.90 Å². The van der Waals surface area contributed by atoms with E-state index in [4.69, 9.17) is 4.74 Å². The molecule has 1 aliphatic heterocycles. The third-order valence-corrected chi connectivity index (χ3v) is 4.90. The lowest BCUT2D eigenvalue weighted by molar-refractivity contribution is 0.0689. The fourth-order valence-electron chi connectivity index (χ4n) is 3.36. The summed E-state index contributed by atoms with van der Waals surface area (Å²) in [5, 5.41) is 9.63. The second-order valence-corrected chi connectivity index (χ2v) is 6.35. The van der Waals surface area contributed by atoms with Crippen LogP contribution in [0.25, 0.3) is 0 Å². The molecule has 132 valence electrons. The smallest absolute Gasteiger partial charge is 0.181 e. The Morgan fingerprint density at radius 3 is 2.48 bits per heavy atom. The van der Waals surface area contributed by atoms with Crippen LogP contribution in [0.3, 0.4) is 0 Å². The molecule has 0 fully saturated rings. The number of carbonyl (C=O) groups is 1. The van der Waals surface area contributed by atoms with Crippen molar-refractivity contribution in [2.75, 3.05) is 26.2 Å². The Hall–Kier alpha value is -2.40. The number of phenolic OH excluding ortho intramolecular Hbond substituents is 1. The fraction of sp³-hybridized carbons (Fsp3) is 0.350. The number of aromatic hydroxyl groups is 1. The van der Waals surface area contributed by atoms with E-state index in [1.807, 2.05) is 13.8 Å². The highest BCUT2D eigenvalue weighted by Gasteiger charge is 2.46. The molecule has 25 heavy (non-hydrogen) atoms. The van der Waals surface area contributed by atoms with Gasteiger partial charge in [0.2, 0.25) is 0 Å². The number of rotatable bonds is 5. The van der Waals surface area contributed by atoms with Gasteiger partial charge in [-0.3, -0.25) is 4.79 Å². The van der Waals surface area contributed by atoms with Gasteiger partial charge in [0.25, 0.3) is 0 Å². The lowest BCUT2D eigenvalue weighted by atomic mass is 9.73. The van der Waals surface area contributed by atoms with Crippen LogP contribution < -0.4 is 4.74 Å². The maximum absolute atomic E-state index is 13.4. The Bertz CT molecular complexity index is 771. The Morgan fingerprint density at radius 1 is 1.16 bits per heavy atom. The molecule has 1 heterocycles. The van der Waals surface area contributed by atoms with Gasteiger partial charge >= 0.3 is 0 Å². The Morgan fingerprint density at radius 2 is 1.84 bits per heavy atom. The average Bonchev–Trinajstić information content (AvgIpc) is 2.62. The minimum atomic E-state index is -0.899. The summed E-state index contributed by atoms with van der Waals surface area (Å²) >= 11 is 0. The van der Waals surface area contributed by atoms with Crippen molar-refractivity contribution in [3.63, 3.8) is 0 Å². The molecule has 2 aromatic carbocycles. The third kappa shape index (κ3) is 3.12. The predicted octanol–water partition coefficient (Wildman–Crippen LogP) is 3.39. The SMILES string of the molecule is CCN(CC)CC1(c2ccc(F)cc2)COc2cc(O)ccc2C1=O. The van der Waals surface area contributed by atoms with Crippen LogP contribution in [-0.2, 0) is 5.41 Å². The minimum absolute atomic E-state index is 0.0598. The van der Waals surface area contributed by atoms with Crippen molar-refractivity contribution >= 4 is 5.78 Å². The zero-order valence-corrected chi connectivity index (χ0v) is 14.5. The number of hydrogen-bond acceptors (Lipinski definition) is 4. The topological polar surface area (TPSA) is 49.8 Å². The minimum Gasteiger partial charge on any atom is -0.508 e. The summed E-state index contributed by atoms with van der Waals surface area (Å²) in [7, 11) is 0. The highest BCUT2D eigenvalue weighted by molar-refractivity contribution is 6.07. The highest BCUT2D eigenvalue weighted by Crippen LogP contribution is 2.39. The number of hydrogen-bond donors (Lipinski definition) is 1. The first-order valence-electron chi connectivity index (χ1n) is 8.49. The predicted molar refractivity (Wildman–Crippen MR) is 93.8 cm³/mol. The van der Waals surface area contributed by atoms with Gasteiger partial charge in [-0.2, -0.15) is 0 Å². The monoisotopic (exact) mass is 343 g/mol. The number of fused-ring (bicyclic) bond motifs is 1. The molecule has 5 heteroatoms. The van der Waals surface area contributed by atoms with E-state index >= 15 is 0 Å². The molecule has 1 aliphatic rings. The number of benzene rings is 2.